The number of hydrogen-bond donors (Lipinski definition) is 1. The van der Waals surface area contributed by atoms with E-state index in [9.17, 15) is 5.11 Å². The number of hydrogen-bond acceptors (Lipinski definition) is 3. The van der Waals surface area contributed by atoms with Crippen LogP contribution in [0.3, 0.4) is 0 Å². The summed E-state index contributed by atoms with van der Waals surface area (Å²) in [5, 5.41) is 15.6. The molecule has 0 aliphatic carbocycles. The Bertz CT molecular complexity index is 584. The van der Waals surface area contributed by atoms with Gasteiger partial charge in [-0.15, -0.1) is 0 Å². The molecule has 0 saturated carbocycles. The summed E-state index contributed by atoms with van der Waals surface area (Å²) in [4.78, 5) is 0. The third-order valence-corrected chi connectivity index (χ3v) is 3.77. The molecule has 1 aromatic heterocycles. The zero-order chi connectivity index (χ0) is 14.7. The van der Waals surface area contributed by atoms with E-state index in [0.29, 0.717) is 34.5 Å². The van der Waals surface area contributed by atoms with Crippen LogP contribution in [0.15, 0.2) is 28.9 Å². The monoisotopic (exact) mass is 378 g/mol. The summed E-state index contributed by atoms with van der Waals surface area (Å²) in [6.07, 6.45) is 0.604. The Morgan fingerprint density at radius 3 is 2.80 bits per heavy atom. The van der Waals surface area contributed by atoms with Crippen molar-refractivity contribution in [1.29, 1.82) is 0 Å². The Morgan fingerprint density at radius 2 is 2.15 bits per heavy atom. The summed E-state index contributed by atoms with van der Waals surface area (Å²) in [7, 11) is 1.61. The fourth-order valence-corrected chi connectivity index (χ4v) is 3.02. The van der Waals surface area contributed by atoms with Crippen LogP contribution in [0.2, 0.25) is 10.0 Å². The molecule has 0 aliphatic rings. The van der Waals surface area contributed by atoms with Gasteiger partial charge in [0, 0.05) is 16.6 Å². The van der Waals surface area contributed by atoms with Gasteiger partial charge in [-0.2, -0.15) is 5.10 Å². The normalized spacial score (nSPS) is 12.7. The molecule has 0 spiro atoms. The molecule has 1 heterocycles. The summed E-state index contributed by atoms with van der Waals surface area (Å²) >= 11 is 15.5. The third kappa shape index (κ3) is 3.54. The first-order chi connectivity index (χ1) is 9.52. The van der Waals surface area contributed by atoms with Crippen molar-refractivity contribution in [3.8, 4) is 0 Å². The Morgan fingerprint density at radius 1 is 1.40 bits per heavy atom. The minimum atomic E-state index is -0.906. The highest BCUT2D eigenvalue weighted by Gasteiger charge is 2.20. The maximum absolute atomic E-state index is 10.5. The molecule has 4 nitrogen and oxygen atoms in total. The topological polar surface area (TPSA) is 47.3 Å². The Balaban J connectivity index is 2.36. The fourth-order valence-electron chi connectivity index (χ4n) is 1.89. The molecule has 2 rings (SSSR count). The van der Waals surface area contributed by atoms with Gasteiger partial charge in [0.05, 0.1) is 30.1 Å². The van der Waals surface area contributed by atoms with Gasteiger partial charge in [-0.3, -0.25) is 4.68 Å². The first kappa shape index (κ1) is 15.8. The van der Waals surface area contributed by atoms with Crippen LogP contribution in [0.5, 0.6) is 0 Å². The van der Waals surface area contributed by atoms with E-state index in [4.69, 9.17) is 27.9 Å². The summed E-state index contributed by atoms with van der Waals surface area (Å²) in [6.45, 7) is 0.994. The smallest absolute Gasteiger partial charge is 0.122 e. The predicted octanol–water partition coefficient (Wildman–Crippen LogP) is 3.68. The maximum atomic E-state index is 10.5. The van der Waals surface area contributed by atoms with Crippen LogP contribution >= 0.6 is 39.1 Å². The average Bonchev–Trinajstić information content (AvgIpc) is 2.75. The van der Waals surface area contributed by atoms with Crippen LogP contribution < -0.4 is 0 Å². The number of aromatic nitrogens is 2. The Hall–Kier alpha value is -0.590. The first-order valence-electron chi connectivity index (χ1n) is 5.87. The minimum Gasteiger partial charge on any atom is -0.383 e. The zero-order valence-corrected chi connectivity index (χ0v) is 13.8. The molecule has 7 heteroatoms. The van der Waals surface area contributed by atoms with E-state index in [1.165, 1.54) is 6.20 Å². The summed E-state index contributed by atoms with van der Waals surface area (Å²) in [6, 6.07) is 5.24. The standard InChI is InChI=1S/C13H13BrCl2N2O2/c1-20-3-2-18-12(11(16)7-17-18)13(19)8-4-9(14)6-10(15)5-8/h4-7,13,19H,2-3H2,1H3. The van der Waals surface area contributed by atoms with Crippen LogP contribution in [0, 0.1) is 0 Å². The van der Waals surface area contributed by atoms with Crippen molar-refractivity contribution in [2.45, 2.75) is 12.6 Å². The maximum Gasteiger partial charge on any atom is 0.122 e. The highest BCUT2D eigenvalue weighted by atomic mass is 79.9. The quantitative estimate of drug-likeness (QED) is 0.861. The lowest BCUT2D eigenvalue weighted by molar-refractivity contribution is 0.171. The largest absolute Gasteiger partial charge is 0.383 e. The highest BCUT2D eigenvalue weighted by Crippen LogP contribution is 2.31. The predicted molar refractivity (Wildman–Crippen MR) is 82.3 cm³/mol. The molecule has 20 heavy (non-hydrogen) atoms. The molecule has 1 unspecified atom stereocenters. The van der Waals surface area contributed by atoms with Gasteiger partial charge in [0.1, 0.15) is 6.10 Å². The van der Waals surface area contributed by atoms with Gasteiger partial charge in [0.25, 0.3) is 0 Å². The molecular formula is C13H13BrCl2N2O2. The van der Waals surface area contributed by atoms with E-state index in [-0.39, 0.29) is 0 Å². The second-order valence-electron chi connectivity index (χ2n) is 4.20. The van der Waals surface area contributed by atoms with Crippen LogP contribution in [0.4, 0.5) is 0 Å². The van der Waals surface area contributed by atoms with Crippen LogP contribution in [0.1, 0.15) is 17.4 Å². The van der Waals surface area contributed by atoms with Gasteiger partial charge in [-0.25, -0.2) is 0 Å². The SMILES string of the molecule is COCCn1ncc(Cl)c1C(O)c1cc(Cl)cc(Br)c1. The number of ether oxygens (including phenoxy) is 1. The summed E-state index contributed by atoms with van der Waals surface area (Å²) < 4.78 is 7.44. The number of halogens is 3. The molecule has 0 bridgehead atoms. The van der Waals surface area contributed by atoms with E-state index < -0.39 is 6.10 Å². The van der Waals surface area contributed by atoms with Gasteiger partial charge in [0.2, 0.25) is 0 Å². The van der Waals surface area contributed by atoms with Crippen molar-refractivity contribution in [3.05, 3.63) is 50.2 Å². The van der Waals surface area contributed by atoms with Gasteiger partial charge >= 0.3 is 0 Å². The minimum absolute atomic E-state index is 0.407. The lowest BCUT2D eigenvalue weighted by Crippen LogP contribution is -2.13. The lowest BCUT2D eigenvalue weighted by atomic mass is 10.1. The zero-order valence-electron chi connectivity index (χ0n) is 10.7. The highest BCUT2D eigenvalue weighted by molar-refractivity contribution is 9.10. The Kier molecular flexibility index (Phi) is 5.46. The molecule has 0 fully saturated rings. The number of nitrogens with zero attached hydrogens (tertiary/aromatic N) is 2. The van der Waals surface area contributed by atoms with Gasteiger partial charge in [-0.1, -0.05) is 39.1 Å². The number of rotatable bonds is 5. The average molecular weight is 380 g/mol. The third-order valence-electron chi connectivity index (χ3n) is 2.80. The van der Waals surface area contributed by atoms with Crippen molar-refractivity contribution in [1.82, 2.24) is 9.78 Å². The molecule has 2 aromatic rings. The summed E-state index contributed by atoms with van der Waals surface area (Å²) in [5.74, 6) is 0. The number of aliphatic hydroxyl groups excluding tert-OH is 1. The van der Waals surface area contributed by atoms with Gasteiger partial charge in [0.15, 0.2) is 0 Å². The van der Waals surface area contributed by atoms with Crippen molar-refractivity contribution >= 4 is 39.1 Å². The van der Waals surface area contributed by atoms with Crippen LogP contribution in [-0.4, -0.2) is 28.6 Å². The van der Waals surface area contributed by atoms with Crippen LogP contribution in [-0.2, 0) is 11.3 Å². The summed E-state index contributed by atoms with van der Waals surface area (Å²) in [5.41, 5.74) is 1.17. The molecule has 0 amide bonds. The number of aliphatic hydroxyl groups is 1. The molecule has 108 valence electrons. The molecule has 0 saturated heterocycles. The molecule has 1 atom stereocenters. The van der Waals surface area contributed by atoms with Gasteiger partial charge < -0.3 is 9.84 Å². The van der Waals surface area contributed by atoms with Crippen molar-refractivity contribution < 1.29 is 9.84 Å². The lowest BCUT2D eigenvalue weighted by Gasteiger charge is -2.15. The van der Waals surface area contributed by atoms with E-state index >= 15 is 0 Å². The first-order valence-corrected chi connectivity index (χ1v) is 7.42. The van der Waals surface area contributed by atoms with E-state index in [2.05, 4.69) is 21.0 Å². The van der Waals surface area contributed by atoms with Crippen molar-refractivity contribution in [2.75, 3.05) is 13.7 Å². The molecular weight excluding hydrogens is 367 g/mol. The second-order valence-corrected chi connectivity index (χ2v) is 5.96. The van der Waals surface area contributed by atoms with E-state index in [1.807, 2.05) is 0 Å². The molecule has 0 aliphatic heterocycles. The Labute approximate surface area is 135 Å². The molecule has 1 aromatic carbocycles. The van der Waals surface area contributed by atoms with Gasteiger partial charge in [-0.05, 0) is 23.8 Å². The molecule has 0 radical (unpaired) electrons. The van der Waals surface area contributed by atoms with E-state index in [0.717, 1.165) is 4.47 Å². The van der Waals surface area contributed by atoms with E-state index in [1.54, 1.807) is 30.0 Å². The second kappa shape index (κ2) is 6.91. The number of methoxy groups -OCH3 is 1. The fraction of sp³-hybridized carbons (Fsp3) is 0.308. The number of benzene rings is 1. The van der Waals surface area contributed by atoms with Crippen molar-refractivity contribution in [3.63, 3.8) is 0 Å². The van der Waals surface area contributed by atoms with Crippen molar-refractivity contribution in [2.24, 2.45) is 0 Å². The van der Waals surface area contributed by atoms with Crippen LogP contribution in [0.25, 0.3) is 0 Å². The molecule has 1 N–H and O–H groups in total.